The Morgan fingerprint density at radius 1 is 1.21 bits per heavy atom. The van der Waals surface area contributed by atoms with E-state index in [0.29, 0.717) is 6.54 Å². The van der Waals surface area contributed by atoms with E-state index in [1.54, 1.807) is 0 Å². The van der Waals surface area contributed by atoms with Crippen molar-refractivity contribution in [1.29, 1.82) is 0 Å². The normalized spacial score (nSPS) is 22.7. The average molecular weight is 405 g/mol. The summed E-state index contributed by atoms with van der Waals surface area (Å²) in [5.41, 5.74) is -0.384. The Labute approximate surface area is 175 Å². The van der Waals surface area contributed by atoms with Crippen molar-refractivity contribution < 1.29 is 18.8 Å². The molecule has 8 heteroatoms. The summed E-state index contributed by atoms with van der Waals surface area (Å²) in [5.74, 6) is 0. The lowest BCUT2D eigenvalue weighted by atomic mass is 9.81. The third kappa shape index (κ3) is 4.80. The Morgan fingerprint density at radius 2 is 1.79 bits per heavy atom. The van der Waals surface area contributed by atoms with Crippen molar-refractivity contribution in [2.24, 2.45) is 0 Å². The molecule has 1 aromatic heterocycles. The maximum absolute atomic E-state index is 12.0. The molecule has 2 heterocycles. The molecule has 0 atom stereocenters. The average Bonchev–Trinajstić information content (AvgIpc) is 3.25. The van der Waals surface area contributed by atoms with Gasteiger partial charge in [-0.05, 0) is 67.7 Å². The number of nitrogens with one attached hydrogen (secondary N) is 1. The highest BCUT2D eigenvalue weighted by Crippen LogP contribution is 2.39. The fourth-order valence-electron chi connectivity index (χ4n) is 4.04. The van der Waals surface area contributed by atoms with Crippen molar-refractivity contribution in [3.8, 4) is 0 Å². The molecule has 0 unspecified atom stereocenters. The molecular weight excluding hydrogens is 369 g/mol. The van der Waals surface area contributed by atoms with E-state index < -0.39 is 12.7 Å². The zero-order valence-electron chi connectivity index (χ0n) is 19.0. The van der Waals surface area contributed by atoms with Crippen molar-refractivity contribution >= 4 is 18.7 Å². The van der Waals surface area contributed by atoms with Gasteiger partial charge in [-0.2, -0.15) is 5.10 Å². The first kappa shape index (κ1) is 22.2. The number of carbonyl (C=O) groups excluding carboxylic acids is 1. The predicted molar refractivity (Wildman–Crippen MR) is 113 cm³/mol. The van der Waals surface area contributed by atoms with Crippen LogP contribution in [0.4, 0.5) is 4.79 Å². The van der Waals surface area contributed by atoms with Gasteiger partial charge in [0, 0.05) is 24.4 Å². The summed E-state index contributed by atoms with van der Waals surface area (Å²) in [6, 6.07) is 0. The minimum absolute atomic E-state index is 0.0864. The van der Waals surface area contributed by atoms with Gasteiger partial charge in [0.25, 0.3) is 0 Å². The molecule has 0 radical (unpaired) electrons. The molecule has 1 saturated carbocycles. The smallest absolute Gasteiger partial charge is 0.444 e. The first-order valence-corrected chi connectivity index (χ1v) is 10.7. The van der Waals surface area contributed by atoms with Gasteiger partial charge < -0.3 is 19.4 Å². The van der Waals surface area contributed by atoms with Crippen LogP contribution in [0.1, 0.15) is 80.6 Å². The first-order valence-electron chi connectivity index (χ1n) is 10.7. The molecule has 162 valence electrons. The molecule has 0 spiro atoms. The molecular formula is C21H36BN3O4. The molecule has 1 saturated heterocycles. The van der Waals surface area contributed by atoms with Gasteiger partial charge in [0.2, 0.25) is 0 Å². The number of hydrogen-bond donors (Lipinski definition) is 1. The summed E-state index contributed by atoms with van der Waals surface area (Å²) in [6.45, 7) is 14.4. The summed E-state index contributed by atoms with van der Waals surface area (Å²) in [6.07, 6.45) is 8.78. The number of ether oxygens (including phenoxy) is 1. The maximum Gasteiger partial charge on any atom is 0.498 e. The van der Waals surface area contributed by atoms with Crippen LogP contribution < -0.4 is 10.8 Å². The zero-order valence-corrected chi connectivity index (χ0v) is 19.0. The van der Waals surface area contributed by atoms with Crippen LogP contribution >= 0.6 is 0 Å². The SMILES string of the molecule is CC(C)(C)OC(=O)NCCC1(n2cc(B3OC(C)(C)C(C)(C)O3)cn2)CCCC1. The van der Waals surface area contributed by atoms with Gasteiger partial charge in [0.05, 0.1) is 16.7 Å². The highest BCUT2D eigenvalue weighted by molar-refractivity contribution is 6.62. The zero-order chi connectivity index (χ0) is 21.5. The molecule has 3 rings (SSSR count). The lowest BCUT2D eigenvalue weighted by Crippen LogP contribution is -2.41. The molecule has 1 N–H and O–H groups in total. The molecule has 1 aromatic rings. The van der Waals surface area contributed by atoms with Crippen LogP contribution in [0, 0.1) is 0 Å². The van der Waals surface area contributed by atoms with Gasteiger partial charge in [0.1, 0.15) is 5.60 Å². The summed E-state index contributed by atoms with van der Waals surface area (Å²) in [4.78, 5) is 12.0. The number of nitrogens with zero attached hydrogens (tertiary/aromatic N) is 2. The number of amides is 1. The Bertz CT molecular complexity index is 717. The number of hydrogen-bond acceptors (Lipinski definition) is 5. The fourth-order valence-corrected chi connectivity index (χ4v) is 4.04. The molecule has 1 aliphatic heterocycles. The summed E-state index contributed by atoms with van der Waals surface area (Å²) in [7, 11) is -0.410. The standard InChI is InChI=1S/C21H36BN3O4/c1-18(2,3)27-17(26)23-13-12-21(10-8-9-11-21)25-15-16(14-24-25)22-28-19(4,5)20(6,7)29-22/h14-15H,8-13H2,1-7H3,(H,23,26). The van der Waals surface area contributed by atoms with Gasteiger partial charge in [0.15, 0.2) is 0 Å². The second-order valence-electron chi connectivity index (χ2n) is 10.4. The molecule has 2 fully saturated rings. The molecule has 29 heavy (non-hydrogen) atoms. The van der Waals surface area contributed by atoms with Crippen LogP contribution in [-0.4, -0.2) is 46.3 Å². The van der Waals surface area contributed by atoms with E-state index in [4.69, 9.17) is 14.0 Å². The number of alkyl carbamates (subject to hydrolysis) is 1. The molecule has 1 amide bonds. The molecule has 7 nitrogen and oxygen atoms in total. The Balaban J connectivity index is 1.67. The van der Waals surface area contributed by atoms with Crippen LogP contribution in [0.5, 0.6) is 0 Å². The Morgan fingerprint density at radius 3 is 2.34 bits per heavy atom. The number of carbonyl (C=O) groups is 1. The minimum Gasteiger partial charge on any atom is -0.444 e. The summed E-state index contributed by atoms with van der Waals surface area (Å²) in [5, 5.41) is 7.57. The Hall–Kier alpha value is -1.54. The monoisotopic (exact) mass is 405 g/mol. The summed E-state index contributed by atoms with van der Waals surface area (Å²) >= 11 is 0. The van der Waals surface area contributed by atoms with Crippen LogP contribution in [0.25, 0.3) is 0 Å². The molecule has 0 bridgehead atoms. The second-order valence-corrected chi connectivity index (χ2v) is 10.4. The largest absolute Gasteiger partial charge is 0.498 e. The van der Waals surface area contributed by atoms with Crippen LogP contribution in [0.2, 0.25) is 0 Å². The van der Waals surface area contributed by atoms with Gasteiger partial charge >= 0.3 is 13.2 Å². The fraction of sp³-hybridized carbons (Fsp3) is 0.810. The molecule has 0 aromatic carbocycles. The van der Waals surface area contributed by atoms with Crippen molar-refractivity contribution in [2.75, 3.05) is 6.54 Å². The highest BCUT2D eigenvalue weighted by Gasteiger charge is 2.52. The van der Waals surface area contributed by atoms with Gasteiger partial charge in [-0.1, -0.05) is 12.8 Å². The van der Waals surface area contributed by atoms with E-state index in [9.17, 15) is 4.79 Å². The maximum atomic E-state index is 12.0. The van der Waals surface area contributed by atoms with E-state index in [1.807, 2.05) is 27.0 Å². The predicted octanol–water partition coefficient (Wildman–Crippen LogP) is 3.37. The highest BCUT2D eigenvalue weighted by atomic mass is 16.7. The van der Waals surface area contributed by atoms with Crippen molar-refractivity contribution in [3.63, 3.8) is 0 Å². The van der Waals surface area contributed by atoms with Gasteiger partial charge in [-0.25, -0.2) is 4.79 Å². The van der Waals surface area contributed by atoms with E-state index in [-0.39, 0.29) is 22.8 Å². The lowest BCUT2D eigenvalue weighted by molar-refractivity contribution is 0.00578. The van der Waals surface area contributed by atoms with Crippen molar-refractivity contribution in [1.82, 2.24) is 15.1 Å². The van der Waals surface area contributed by atoms with Crippen LogP contribution in [0.15, 0.2) is 12.4 Å². The third-order valence-electron chi connectivity index (χ3n) is 6.41. The van der Waals surface area contributed by atoms with E-state index >= 15 is 0 Å². The lowest BCUT2D eigenvalue weighted by Gasteiger charge is -2.32. The van der Waals surface area contributed by atoms with Crippen LogP contribution in [0.3, 0.4) is 0 Å². The van der Waals surface area contributed by atoms with Gasteiger partial charge in [-0.3, -0.25) is 4.68 Å². The summed E-state index contributed by atoms with van der Waals surface area (Å²) < 4.78 is 19.8. The van der Waals surface area contributed by atoms with E-state index in [2.05, 4.69) is 49.0 Å². The molecule has 2 aliphatic rings. The van der Waals surface area contributed by atoms with E-state index in [0.717, 1.165) is 37.6 Å². The Kier molecular flexibility index (Phi) is 5.82. The number of aromatic nitrogens is 2. The number of rotatable bonds is 5. The van der Waals surface area contributed by atoms with Crippen LogP contribution in [-0.2, 0) is 19.6 Å². The van der Waals surface area contributed by atoms with Gasteiger partial charge in [-0.15, -0.1) is 0 Å². The first-order chi connectivity index (χ1) is 13.3. The van der Waals surface area contributed by atoms with E-state index in [1.165, 1.54) is 0 Å². The topological polar surface area (TPSA) is 74.6 Å². The molecule has 1 aliphatic carbocycles. The second kappa shape index (κ2) is 7.62. The minimum atomic E-state index is -0.491. The quantitative estimate of drug-likeness (QED) is 0.761. The third-order valence-corrected chi connectivity index (χ3v) is 6.41. The van der Waals surface area contributed by atoms with Crippen molar-refractivity contribution in [3.05, 3.63) is 12.4 Å². The van der Waals surface area contributed by atoms with Crippen molar-refractivity contribution in [2.45, 2.75) is 103 Å².